The van der Waals surface area contributed by atoms with Gasteiger partial charge in [-0.2, -0.15) is 11.8 Å². The summed E-state index contributed by atoms with van der Waals surface area (Å²) in [4.78, 5) is 0. The third kappa shape index (κ3) is 3.64. The molecule has 94 valence electrons. The van der Waals surface area contributed by atoms with Gasteiger partial charge in [-0.25, -0.2) is 0 Å². The number of thioether (sulfide) groups is 1. The minimum absolute atomic E-state index is 0.612. The normalized spacial score (nSPS) is 26.8. The minimum atomic E-state index is 0.612. The lowest BCUT2D eigenvalue weighted by atomic mass is 9.77. The monoisotopic (exact) mass is 306 g/mol. The molecule has 1 saturated heterocycles. The summed E-state index contributed by atoms with van der Waals surface area (Å²) in [5.41, 5.74) is 0.612. The molecule has 0 bridgehead atoms. The standard InChI is InChI=1S/C13H23BrOS/c14-10-13(6-2-1-3-7-13)11-16-12-4-8-15-9-5-12/h12H,1-11H2. The highest BCUT2D eigenvalue weighted by atomic mass is 79.9. The van der Waals surface area contributed by atoms with Crippen LogP contribution in [0.4, 0.5) is 0 Å². The van der Waals surface area contributed by atoms with Gasteiger partial charge in [-0.1, -0.05) is 35.2 Å². The number of hydrogen-bond acceptors (Lipinski definition) is 2. The molecule has 1 nitrogen and oxygen atoms in total. The van der Waals surface area contributed by atoms with Crippen molar-refractivity contribution in [3.63, 3.8) is 0 Å². The van der Waals surface area contributed by atoms with Gasteiger partial charge < -0.3 is 4.74 Å². The van der Waals surface area contributed by atoms with Crippen molar-refractivity contribution in [1.82, 2.24) is 0 Å². The van der Waals surface area contributed by atoms with Crippen molar-refractivity contribution in [1.29, 1.82) is 0 Å². The largest absolute Gasteiger partial charge is 0.381 e. The Hall–Kier alpha value is 0.790. The van der Waals surface area contributed by atoms with Crippen LogP contribution in [0.1, 0.15) is 44.9 Å². The first-order chi connectivity index (χ1) is 7.85. The predicted molar refractivity (Wildman–Crippen MR) is 75.6 cm³/mol. The summed E-state index contributed by atoms with van der Waals surface area (Å²) in [6, 6.07) is 0. The molecule has 0 aromatic heterocycles. The Morgan fingerprint density at radius 2 is 1.81 bits per heavy atom. The molecule has 2 rings (SSSR count). The average Bonchev–Trinajstić information content (AvgIpc) is 2.39. The van der Waals surface area contributed by atoms with E-state index in [1.807, 2.05) is 0 Å². The SMILES string of the molecule is BrCC1(CSC2CCOCC2)CCCCC1. The van der Waals surface area contributed by atoms with Crippen LogP contribution in [-0.4, -0.2) is 29.5 Å². The number of halogens is 1. The predicted octanol–water partition coefficient (Wildman–Crippen LogP) is 4.24. The van der Waals surface area contributed by atoms with Gasteiger partial charge in [0.15, 0.2) is 0 Å². The van der Waals surface area contributed by atoms with E-state index in [2.05, 4.69) is 27.7 Å². The highest BCUT2D eigenvalue weighted by Crippen LogP contribution is 2.42. The summed E-state index contributed by atoms with van der Waals surface area (Å²) in [5.74, 6) is 1.36. The van der Waals surface area contributed by atoms with Crippen molar-refractivity contribution in [2.45, 2.75) is 50.2 Å². The quantitative estimate of drug-likeness (QED) is 0.718. The van der Waals surface area contributed by atoms with Crippen LogP contribution in [0.25, 0.3) is 0 Å². The number of hydrogen-bond donors (Lipinski definition) is 0. The van der Waals surface area contributed by atoms with E-state index in [4.69, 9.17) is 4.74 Å². The van der Waals surface area contributed by atoms with Gasteiger partial charge in [-0.3, -0.25) is 0 Å². The summed E-state index contributed by atoms with van der Waals surface area (Å²) in [6.07, 6.45) is 9.76. The summed E-state index contributed by atoms with van der Waals surface area (Å²) in [6.45, 7) is 1.97. The van der Waals surface area contributed by atoms with Crippen LogP contribution in [0.3, 0.4) is 0 Å². The Morgan fingerprint density at radius 3 is 2.44 bits per heavy atom. The molecule has 3 heteroatoms. The smallest absolute Gasteiger partial charge is 0.0476 e. The van der Waals surface area contributed by atoms with Crippen molar-refractivity contribution in [3.8, 4) is 0 Å². The van der Waals surface area contributed by atoms with E-state index < -0.39 is 0 Å². The first-order valence-electron chi connectivity index (χ1n) is 6.60. The molecule has 1 aliphatic carbocycles. The zero-order valence-corrected chi connectivity index (χ0v) is 12.5. The van der Waals surface area contributed by atoms with Gasteiger partial charge in [-0.05, 0) is 31.1 Å². The zero-order valence-electron chi connectivity index (χ0n) is 10.0. The minimum Gasteiger partial charge on any atom is -0.381 e. The maximum Gasteiger partial charge on any atom is 0.0476 e. The Kier molecular flexibility index (Phi) is 5.50. The third-order valence-corrected chi connectivity index (χ3v) is 6.90. The highest BCUT2D eigenvalue weighted by molar-refractivity contribution is 9.09. The molecule has 0 aromatic rings. The van der Waals surface area contributed by atoms with Crippen molar-refractivity contribution >= 4 is 27.7 Å². The van der Waals surface area contributed by atoms with Crippen LogP contribution >= 0.6 is 27.7 Å². The number of ether oxygens (including phenoxy) is 1. The summed E-state index contributed by atoms with van der Waals surface area (Å²) in [5, 5.41) is 2.07. The molecule has 0 amide bonds. The van der Waals surface area contributed by atoms with Gasteiger partial charge >= 0.3 is 0 Å². The fraction of sp³-hybridized carbons (Fsp3) is 1.00. The Labute approximate surface area is 112 Å². The lowest BCUT2D eigenvalue weighted by Gasteiger charge is -2.37. The molecule has 0 aromatic carbocycles. The molecule has 1 aliphatic heterocycles. The van der Waals surface area contributed by atoms with Gasteiger partial charge in [0.1, 0.15) is 0 Å². The first-order valence-corrected chi connectivity index (χ1v) is 8.77. The van der Waals surface area contributed by atoms with Crippen LogP contribution in [0, 0.1) is 5.41 Å². The zero-order chi connectivity index (χ0) is 11.3. The average molecular weight is 307 g/mol. The van der Waals surface area contributed by atoms with Crippen molar-refractivity contribution < 1.29 is 4.74 Å². The molecule has 2 fully saturated rings. The fourth-order valence-electron chi connectivity index (χ4n) is 2.76. The van der Waals surface area contributed by atoms with Gasteiger partial charge in [0.25, 0.3) is 0 Å². The van der Waals surface area contributed by atoms with E-state index in [0.29, 0.717) is 5.41 Å². The van der Waals surface area contributed by atoms with Crippen LogP contribution in [0.15, 0.2) is 0 Å². The molecule has 0 radical (unpaired) electrons. The second-order valence-corrected chi connectivity index (χ2v) is 7.17. The van der Waals surface area contributed by atoms with E-state index in [9.17, 15) is 0 Å². The summed E-state index contributed by atoms with van der Waals surface area (Å²) < 4.78 is 5.42. The van der Waals surface area contributed by atoms with Crippen LogP contribution in [0.2, 0.25) is 0 Å². The van der Waals surface area contributed by atoms with Gasteiger partial charge in [0.2, 0.25) is 0 Å². The number of alkyl halides is 1. The van der Waals surface area contributed by atoms with Crippen LogP contribution in [0.5, 0.6) is 0 Å². The highest BCUT2D eigenvalue weighted by Gasteiger charge is 2.31. The van der Waals surface area contributed by atoms with Crippen LogP contribution in [-0.2, 0) is 4.74 Å². The Balaban J connectivity index is 1.77. The topological polar surface area (TPSA) is 9.23 Å². The van der Waals surface area contributed by atoms with Gasteiger partial charge in [0.05, 0.1) is 0 Å². The maximum absolute atomic E-state index is 5.42. The van der Waals surface area contributed by atoms with Crippen LogP contribution < -0.4 is 0 Å². The first kappa shape index (κ1) is 13.2. The second-order valence-electron chi connectivity index (χ2n) is 5.32. The van der Waals surface area contributed by atoms with Gasteiger partial charge in [0, 0.05) is 29.5 Å². The third-order valence-electron chi connectivity index (χ3n) is 3.99. The molecule has 1 saturated carbocycles. The molecule has 2 aliphatic rings. The molecule has 0 atom stereocenters. The second kappa shape index (κ2) is 6.65. The molecule has 0 spiro atoms. The lowest BCUT2D eigenvalue weighted by molar-refractivity contribution is 0.0998. The molecule has 16 heavy (non-hydrogen) atoms. The Morgan fingerprint density at radius 1 is 1.12 bits per heavy atom. The van der Waals surface area contributed by atoms with Crippen molar-refractivity contribution in [2.75, 3.05) is 24.3 Å². The van der Waals surface area contributed by atoms with Crippen molar-refractivity contribution in [3.05, 3.63) is 0 Å². The fourth-order valence-corrected chi connectivity index (χ4v) is 5.28. The molecular formula is C13H23BrOS. The number of rotatable bonds is 4. The Bertz CT molecular complexity index is 198. The van der Waals surface area contributed by atoms with E-state index >= 15 is 0 Å². The summed E-state index contributed by atoms with van der Waals surface area (Å²) >= 11 is 5.97. The molecular weight excluding hydrogens is 284 g/mol. The molecule has 0 unspecified atom stereocenters. The van der Waals surface area contributed by atoms with Gasteiger partial charge in [-0.15, -0.1) is 0 Å². The van der Waals surface area contributed by atoms with E-state index in [-0.39, 0.29) is 0 Å². The maximum atomic E-state index is 5.42. The lowest BCUT2D eigenvalue weighted by Crippen LogP contribution is -2.30. The molecule has 0 N–H and O–H groups in total. The van der Waals surface area contributed by atoms with E-state index in [1.165, 1.54) is 56.0 Å². The molecule has 1 heterocycles. The van der Waals surface area contributed by atoms with E-state index in [1.54, 1.807) is 0 Å². The van der Waals surface area contributed by atoms with Crippen molar-refractivity contribution in [2.24, 2.45) is 5.41 Å². The van der Waals surface area contributed by atoms with E-state index in [0.717, 1.165) is 18.5 Å². The summed E-state index contributed by atoms with van der Waals surface area (Å²) in [7, 11) is 0.